The minimum atomic E-state index is 0.731. The highest BCUT2D eigenvalue weighted by molar-refractivity contribution is 5.91. The first-order valence-electron chi connectivity index (χ1n) is 11.2. The number of hydrogen-bond donors (Lipinski definition) is 0. The summed E-state index contributed by atoms with van der Waals surface area (Å²) in [6, 6.07) is 10.3. The van der Waals surface area contributed by atoms with Crippen LogP contribution in [0.25, 0.3) is 10.8 Å². The quantitative estimate of drug-likeness (QED) is 0.296. The van der Waals surface area contributed by atoms with Crippen LogP contribution < -0.4 is 14.2 Å². The summed E-state index contributed by atoms with van der Waals surface area (Å²) < 4.78 is 17.6. The van der Waals surface area contributed by atoms with Gasteiger partial charge in [0, 0.05) is 5.39 Å². The lowest BCUT2D eigenvalue weighted by molar-refractivity contribution is 0.288. The predicted molar refractivity (Wildman–Crippen MR) is 119 cm³/mol. The summed E-state index contributed by atoms with van der Waals surface area (Å²) >= 11 is 0. The van der Waals surface area contributed by atoms with Crippen LogP contribution >= 0.6 is 0 Å². The highest BCUT2D eigenvalue weighted by atomic mass is 16.5. The molecule has 0 atom stereocenters. The molecule has 0 amide bonds. The smallest absolute Gasteiger partial charge is 0.168 e. The molecule has 0 saturated heterocycles. The van der Waals surface area contributed by atoms with E-state index in [1.165, 1.54) is 51.4 Å². The van der Waals surface area contributed by atoms with Gasteiger partial charge in [0.05, 0.1) is 20.3 Å². The highest BCUT2D eigenvalue weighted by Crippen LogP contribution is 2.37. The lowest BCUT2D eigenvalue weighted by atomic mass is 10.1. The number of methoxy groups -OCH3 is 1. The van der Waals surface area contributed by atoms with E-state index in [2.05, 4.69) is 32.0 Å². The average molecular weight is 387 g/mol. The van der Waals surface area contributed by atoms with Gasteiger partial charge >= 0.3 is 0 Å². The molecule has 0 aromatic heterocycles. The Kier molecular flexibility index (Phi) is 10.6. The maximum atomic E-state index is 6.13. The van der Waals surface area contributed by atoms with Crippen LogP contribution in [0.1, 0.15) is 78.1 Å². The standard InChI is InChI=1S/C25H38O3/c1-4-6-8-10-12-18-27-22-15-16-23-21(20-22)14-17-24(26-3)25(23)28-19-13-11-9-7-5-2/h14-17,20H,4-13,18-19H2,1-3H3. The van der Waals surface area contributed by atoms with Crippen LogP contribution in [0.5, 0.6) is 17.2 Å². The van der Waals surface area contributed by atoms with Crippen molar-refractivity contribution >= 4 is 10.8 Å². The fraction of sp³-hybridized carbons (Fsp3) is 0.600. The van der Waals surface area contributed by atoms with E-state index >= 15 is 0 Å². The molecule has 0 heterocycles. The van der Waals surface area contributed by atoms with E-state index in [4.69, 9.17) is 14.2 Å². The molecule has 0 aliphatic rings. The first-order valence-corrected chi connectivity index (χ1v) is 11.2. The second-order valence-corrected chi connectivity index (χ2v) is 7.51. The summed E-state index contributed by atoms with van der Waals surface area (Å²) in [5, 5.41) is 2.22. The summed E-state index contributed by atoms with van der Waals surface area (Å²) in [7, 11) is 1.70. The largest absolute Gasteiger partial charge is 0.494 e. The van der Waals surface area contributed by atoms with Crippen molar-refractivity contribution in [2.24, 2.45) is 0 Å². The van der Waals surface area contributed by atoms with Gasteiger partial charge in [-0.3, -0.25) is 0 Å². The molecule has 0 fully saturated rings. The average Bonchev–Trinajstić information content (AvgIpc) is 2.72. The number of unbranched alkanes of at least 4 members (excludes halogenated alkanes) is 8. The minimum absolute atomic E-state index is 0.731. The molecular weight excluding hydrogens is 348 g/mol. The van der Waals surface area contributed by atoms with E-state index in [0.717, 1.165) is 54.1 Å². The topological polar surface area (TPSA) is 27.7 Å². The predicted octanol–water partition coefficient (Wildman–Crippen LogP) is 7.55. The zero-order valence-electron chi connectivity index (χ0n) is 18.1. The van der Waals surface area contributed by atoms with Gasteiger partial charge in [0.2, 0.25) is 0 Å². The van der Waals surface area contributed by atoms with Gasteiger partial charge in [0.1, 0.15) is 5.75 Å². The van der Waals surface area contributed by atoms with Gasteiger partial charge in [-0.2, -0.15) is 0 Å². The van der Waals surface area contributed by atoms with Gasteiger partial charge < -0.3 is 14.2 Å². The van der Waals surface area contributed by atoms with Crippen molar-refractivity contribution < 1.29 is 14.2 Å². The van der Waals surface area contributed by atoms with Crippen molar-refractivity contribution in [2.45, 2.75) is 78.1 Å². The molecule has 0 unspecified atom stereocenters. The van der Waals surface area contributed by atoms with E-state index in [1.54, 1.807) is 7.11 Å². The van der Waals surface area contributed by atoms with Crippen LogP contribution in [0.4, 0.5) is 0 Å². The molecule has 0 aliphatic heterocycles. The Labute approximate surface area is 171 Å². The maximum absolute atomic E-state index is 6.13. The molecule has 156 valence electrons. The van der Waals surface area contributed by atoms with E-state index in [0.29, 0.717) is 0 Å². The van der Waals surface area contributed by atoms with Crippen molar-refractivity contribution in [1.82, 2.24) is 0 Å². The molecule has 3 nitrogen and oxygen atoms in total. The maximum Gasteiger partial charge on any atom is 0.168 e. The highest BCUT2D eigenvalue weighted by Gasteiger charge is 2.11. The molecular formula is C25H38O3. The third kappa shape index (κ3) is 7.26. The monoisotopic (exact) mass is 386 g/mol. The molecule has 28 heavy (non-hydrogen) atoms. The van der Waals surface area contributed by atoms with Crippen LogP contribution in [-0.2, 0) is 0 Å². The Morgan fingerprint density at radius 3 is 1.96 bits per heavy atom. The van der Waals surface area contributed by atoms with E-state index in [9.17, 15) is 0 Å². The van der Waals surface area contributed by atoms with Gasteiger partial charge in [-0.05, 0) is 42.5 Å². The van der Waals surface area contributed by atoms with Gasteiger partial charge in [-0.1, -0.05) is 71.3 Å². The SMILES string of the molecule is CCCCCCCOc1ccc2c(OCCCCCCC)c(OC)ccc2c1. The third-order valence-electron chi connectivity index (χ3n) is 5.14. The number of hydrogen-bond acceptors (Lipinski definition) is 3. The number of ether oxygens (including phenoxy) is 3. The van der Waals surface area contributed by atoms with Crippen molar-refractivity contribution in [3.05, 3.63) is 30.3 Å². The third-order valence-corrected chi connectivity index (χ3v) is 5.14. The minimum Gasteiger partial charge on any atom is -0.494 e. The molecule has 0 saturated carbocycles. The van der Waals surface area contributed by atoms with Crippen LogP contribution in [0, 0.1) is 0 Å². The fourth-order valence-electron chi connectivity index (χ4n) is 3.43. The van der Waals surface area contributed by atoms with Crippen LogP contribution in [0.15, 0.2) is 30.3 Å². The number of fused-ring (bicyclic) bond motifs is 1. The van der Waals surface area contributed by atoms with Gasteiger partial charge in [-0.25, -0.2) is 0 Å². The molecule has 2 aromatic carbocycles. The van der Waals surface area contributed by atoms with Crippen molar-refractivity contribution in [2.75, 3.05) is 20.3 Å². The lowest BCUT2D eigenvalue weighted by Gasteiger charge is -2.14. The molecule has 2 rings (SSSR count). The second kappa shape index (κ2) is 13.3. The van der Waals surface area contributed by atoms with Crippen LogP contribution in [0.3, 0.4) is 0 Å². The van der Waals surface area contributed by atoms with Gasteiger partial charge in [0.25, 0.3) is 0 Å². The van der Waals surface area contributed by atoms with Crippen molar-refractivity contribution in [3.63, 3.8) is 0 Å². The van der Waals surface area contributed by atoms with E-state index in [1.807, 2.05) is 12.1 Å². The normalized spacial score (nSPS) is 11.0. The first kappa shape index (κ1) is 22.4. The van der Waals surface area contributed by atoms with Gasteiger partial charge in [0.15, 0.2) is 11.5 Å². The zero-order chi connectivity index (χ0) is 20.0. The molecule has 0 spiro atoms. The first-order chi connectivity index (χ1) is 13.8. The summed E-state index contributed by atoms with van der Waals surface area (Å²) in [5.74, 6) is 2.57. The molecule has 0 aliphatic carbocycles. The molecule has 0 bridgehead atoms. The Morgan fingerprint density at radius 2 is 1.32 bits per heavy atom. The van der Waals surface area contributed by atoms with E-state index in [-0.39, 0.29) is 0 Å². The van der Waals surface area contributed by atoms with Crippen LogP contribution in [0.2, 0.25) is 0 Å². The molecule has 0 N–H and O–H groups in total. The van der Waals surface area contributed by atoms with Gasteiger partial charge in [-0.15, -0.1) is 0 Å². The molecule has 3 heteroatoms. The Hall–Kier alpha value is -1.90. The summed E-state index contributed by atoms with van der Waals surface area (Å²) in [6.45, 7) is 5.99. The summed E-state index contributed by atoms with van der Waals surface area (Å²) in [6.07, 6.45) is 12.4. The van der Waals surface area contributed by atoms with E-state index < -0.39 is 0 Å². The van der Waals surface area contributed by atoms with Crippen LogP contribution in [-0.4, -0.2) is 20.3 Å². The zero-order valence-corrected chi connectivity index (χ0v) is 18.1. The second-order valence-electron chi connectivity index (χ2n) is 7.51. The summed E-state index contributed by atoms with van der Waals surface area (Å²) in [5.41, 5.74) is 0. The number of benzene rings is 2. The van der Waals surface area contributed by atoms with Crippen molar-refractivity contribution in [3.8, 4) is 17.2 Å². The Balaban J connectivity index is 1.95. The summed E-state index contributed by atoms with van der Waals surface area (Å²) in [4.78, 5) is 0. The van der Waals surface area contributed by atoms with Crippen molar-refractivity contribution in [1.29, 1.82) is 0 Å². The Bertz CT molecular complexity index is 681. The molecule has 0 radical (unpaired) electrons. The number of rotatable bonds is 15. The molecule has 2 aromatic rings. The lowest BCUT2D eigenvalue weighted by Crippen LogP contribution is -2.01. The fourth-order valence-corrected chi connectivity index (χ4v) is 3.43. The Morgan fingerprint density at radius 1 is 0.679 bits per heavy atom.